The first kappa shape index (κ1) is 12.7. The fraction of sp³-hybridized carbons (Fsp3) is 0.231. The highest BCUT2D eigenvalue weighted by atomic mass is 32.1. The van der Waals surface area contributed by atoms with Gasteiger partial charge in [0.25, 0.3) is 0 Å². The summed E-state index contributed by atoms with van der Waals surface area (Å²) in [5.41, 5.74) is 1.74. The number of carbonyl (C=O) groups excluding carboxylic acids is 1. The molecule has 1 atom stereocenters. The first-order valence-corrected chi connectivity index (χ1v) is 6.24. The molecular weight excluding hydrogens is 250 g/mol. The summed E-state index contributed by atoms with van der Waals surface area (Å²) in [5.74, 6) is -0.390. The van der Waals surface area contributed by atoms with Crippen LogP contribution in [0.5, 0.6) is 0 Å². The Morgan fingerprint density at radius 1 is 1.39 bits per heavy atom. The smallest absolute Gasteiger partial charge is 0.337 e. The van der Waals surface area contributed by atoms with Gasteiger partial charge in [-0.25, -0.2) is 4.79 Å². The predicted octanol–water partition coefficient (Wildman–Crippen LogP) is 2.19. The van der Waals surface area contributed by atoms with Gasteiger partial charge in [-0.2, -0.15) is 0 Å². The van der Waals surface area contributed by atoms with Crippen molar-refractivity contribution in [2.24, 2.45) is 0 Å². The lowest BCUT2D eigenvalue weighted by Gasteiger charge is -2.22. The molecule has 0 amide bonds. The van der Waals surface area contributed by atoms with Crippen LogP contribution >= 0.6 is 11.3 Å². The molecule has 1 aromatic carbocycles. The summed E-state index contributed by atoms with van der Waals surface area (Å²) < 4.78 is 4.62. The number of thiazole rings is 1. The number of aromatic nitrogens is 1. The molecule has 18 heavy (non-hydrogen) atoms. The van der Waals surface area contributed by atoms with E-state index in [4.69, 9.17) is 0 Å². The number of rotatable bonds is 3. The highest BCUT2D eigenvalue weighted by Gasteiger charge is 2.27. The minimum absolute atomic E-state index is 0.390. The second-order valence-electron chi connectivity index (χ2n) is 4.01. The molecule has 0 saturated carbocycles. The van der Waals surface area contributed by atoms with Crippen molar-refractivity contribution in [3.05, 3.63) is 52.0 Å². The van der Waals surface area contributed by atoms with Crippen LogP contribution in [0.2, 0.25) is 0 Å². The molecule has 1 unspecified atom stereocenters. The van der Waals surface area contributed by atoms with Crippen LogP contribution in [0.1, 0.15) is 27.7 Å². The predicted molar refractivity (Wildman–Crippen MR) is 68.6 cm³/mol. The van der Waals surface area contributed by atoms with Gasteiger partial charge in [0.2, 0.25) is 0 Å². The number of benzene rings is 1. The molecule has 0 saturated heterocycles. The lowest BCUT2D eigenvalue weighted by molar-refractivity contribution is 0.0600. The number of esters is 1. The van der Waals surface area contributed by atoms with E-state index in [1.807, 2.05) is 0 Å². The quantitative estimate of drug-likeness (QED) is 0.862. The van der Waals surface area contributed by atoms with Crippen LogP contribution in [0.4, 0.5) is 0 Å². The number of aliphatic hydroxyl groups is 1. The summed E-state index contributed by atoms with van der Waals surface area (Å²) in [6.07, 6.45) is 1.64. The van der Waals surface area contributed by atoms with Crippen molar-refractivity contribution >= 4 is 17.3 Å². The third-order valence-electron chi connectivity index (χ3n) is 2.78. The zero-order valence-electron chi connectivity index (χ0n) is 10.1. The van der Waals surface area contributed by atoms with E-state index in [0.29, 0.717) is 11.1 Å². The number of hydrogen-bond acceptors (Lipinski definition) is 5. The number of carbonyl (C=O) groups is 1. The second-order valence-corrected chi connectivity index (χ2v) is 4.89. The molecule has 0 aliphatic heterocycles. The topological polar surface area (TPSA) is 59.4 Å². The lowest BCUT2D eigenvalue weighted by Crippen LogP contribution is -2.21. The Hall–Kier alpha value is -1.72. The summed E-state index contributed by atoms with van der Waals surface area (Å²) in [6, 6.07) is 6.70. The number of hydrogen-bond donors (Lipinski definition) is 1. The van der Waals surface area contributed by atoms with E-state index in [9.17, 15) is 9.90 Å². The van der Waals surface area contributed by atoms with Crippen molar-refractivity contribution in [3.63, 3.8) is 0 Å². The van der Waals surface area contributed by atoms with E-state index in [1.165, 1.54) is 18.4 Å². The molecule has 0 spiro atoms. The maximum Gasteiger partial charge on any atom is 0.337 e. The molecule has 1 N–H and O–H groups in total. The second kappa shape index (κ2) is 4.88. The van der Waals surface area contributed by atoms with Gasteiger partial charge in [0, 0.05) is 6.20 Å². The van der Waals surface area contributed by atoms with Crippen LogP contribution in [-0.4, -0.2) is 23.2 Å². The van der Waals surface area contributed by atoms with Crippen LogP contribution in [0.25, 0.3) is 0 Å². The van der Waals surface area contributed by atoms with Crippen molar-refractivity contribution in [2.75, 3.05) is 7.11 Å². The van der Waals surface area contributed by atoms with E-state index >= 15 is 0 Å². The molecule has 2 rings (SSSR count). The molecule has 94 valence electrons. The van der Waals surface area contributed by atoms with Crippen molar-refractivity contribution in [2.45, 2.75) is 12.5 Å². The van der Waals surface area contributed by atoms with Gasteiger partial charge in [0.15, 0.2) is 0 Å². The van der Waals surface area contributed by atoms with Crippen LogP contribution in [0.3, 0.4) is 0 Å². The Labute approximate surface area is 109 Å². The van der Waals surface area contributed by atoms with E-state index < -0.39 is 5.60 Å². The highest BCUT2D eigenvalue weighted by molar-refractivity contribution is 7.09. The van der Waals surface area contributed by atoms with Crippen LogP contribution in [-0.2, 0) is 10.3 Å². The molecule has 0 aliphatic carbocycles. The maximum atomic E-state index is 11.3. The molecule has 2 aromatic rings. The van der Waals surface area contributed by atoms with Crippen molar-refractivity contribution in [1.82, 2.24) is 4.98 Å². The van der Waals surface area contributed by atoms with Gasteiger partial charge < -0.3 is 9.84 Å². The summed E-state index contributed by atoms with van der Waals surface area (Å²) in [4.78, 5) is 16.0. The third-order valence-corrected chi connectivity index (χ3v) is 3.76. The molecule has 4 nitrogen and oxygen atoms in total. The Morgan fingerprint density at radius 2 is 2.06 bits per heavy atom. The molecule has 5 heteroatoms. The zero-order valence-corrected chi connectivity index (χ0v) is 10.9. The maximum absolute atomic E-state index is 11.3. The number of nitrogens with zero attached hydrogens (tertiary/aromatic N) is 1. The van der Waals surface area contributed by atoms with E-state index in [0.717, 1.165) is 4.88 Å². The Kier molecular flexibility index (Phi) is 3.45. The molecule has 0 aliphatic rings. The van der Waals surface area contributed by atoms with Gasteiger partial charge >= 0.3 is 5.97 Å². The average Bonchev–Trinajstić information content (AvgIpc) is 2.92. The SMILES string of the molecule is COC(=O)c1ccc(C(C)(O)c2cncs2)cc1. The minimum Gasteiger partial charge on any atom is -0.465 e. The van der Waals surface area contributed by atoms with Crippen LogP contribution < -0.4 is 0 Å². The van der Waals surface area contributed by atoms with Crippen molar-refractivity contribution in [3.8, 4) is 0 Å². The molecule has 1 heterocycles. The van der Waals surface area contributed by atoms with E-state index in [2.05, 4.69) is 9.72 Å². The Bertz CT molecular complexity index is 532. The van der Waals surface area contributed by atoms with Gasteiger partial charge in [-0.1, -0.05) is 12.1 Å². The largest absolute Gasteiger partial charge is 0.465 e. The van der Waals surface area contributed by atoms with Gasteiger partial charge in [-0.05, 0) is 24.6 Å². The standard InChI is InChI=1S/C13H13NO3S/c1-13(16,11-7-14-8-18-11)10-5-3-9(4-6-10)12(15)17-2/h3-8,16H,1-2H3. The first-order chi connectivity index (χ1) is 8.55. The van der Waals surface area contributed by atoms with Crippen LogP contribution in [0.15, 0.2) is 36.0 Å². The Morgan fingerprint density at radius 3 is 2.56 bits per heavy atom. The fourth-order valence-electron chi connectivity index (χ4n) is 1.65. The molecule has 0 fully saturated rings. The number of ether oxygens (including phenoxy) is 1. The third kappa shape index (κ3) is 2.27. The summed E-state index contributed by atoms with van der Waals surface area (Å²) in [7, 11) is 1.34. The van der Waals surface area contributed by atoms with Gasteiger partial charge in [-0.15, -0.1) is 11.3 Å². The Balaban J connectivity index is 2.32. The van der Waals surface area contributed by atoms with Gasteiger partial charge in [0.05, 0.1) is 23.1 Å². The fourth-order valence-corrected chi connectivity index (χ4v) is 2.35. The summed E-state index contributed by atoms with van der Waals surface area (Å²) in [6.45, 7) is 1.70. The monoisotopic (exact) mass is 263 g/mol. The van der Waals surface area contributed by atoms with Crippen molar-refractivity contribution in [1.29, 1.82) is 0 Å². The molecular formula is C13H13NO3S. The highest BCUT2D eigenvalue weighted by Crippen LogP contribution is 2.31. The van der Waals surface area contributed by atoms with Gasteiger partial charge in [0.1, 0.15) is 5.60 Å². The first-order valence-electron chi connectivity index (χ1n) is 5.36. The summed E-state index contributed by atoms with van der Waals surface area (Å²) in [5, 5.41) is 10.5. The van der Waals surface area contributed by atoms with Crippen LogP contribution in [0, 0.1) is 0 Å². The minimum atomic E-state index is -1.10. The molecule has 0 radical (unpaired) electrons. The van der Waals surface area contributed by atoms with Crippen molar-refractivity contribution < 1.29 is 14.6 Å². The van der Waals surface area contributed by atoms with E-state index in [1.54, 1.807) is 42.9 Å². The molecule has 1 aromatic heterocycles. The lowest BCUT2D eigenvalue weighted by atomic mass is 9.94. The normalized spacial score (nSPS) is 13.9. The average molecular weight is 263 g/mol. The zero-order chi connectivity index (χ0) is 13.2. The summed E-state index contributed by atoms with van der Waals surface area (Å²) >= 11 is 1.39. The number of methoxy groups -OCH3 is 1. The molecule has 0 bridgehead atoms. The van der Waals surface area contributed by atoms with E-state index in [-0.39, 0.29) is 5.97 Å². The van der Waals surface area contributed by atoms with Gasteiger partial charge in [-0.3, -0.25) is 4.98 Å².